The van der Waals surface area contributed by atoms with Crippen molar-refractivity contribution >= 4 is 17.6 Å². The van der Waals surface area contributed by atoms with E-state index in [1.165, 1.54) is 50.5 Å². The third-order valence-corrected chi connectivity index (χ3v) is 5.41. The second-order valence-electron chi connectivity index (χ2n) is 7.83. The molecule has 35 heavy (non-hydrogen) atoms. The zero-order valence-electron chi connectivity index (χ0n) is 20.0. The monoisotopic (exact) mass is 497 g/mol. The molecule has 2 aromatic carbocycles. The summed E-state index contributed by atoms with van der Waals surface area (Å²) >= 11 is 0. The summed E-state index contributed by atoms with van der Waals surface area (Å²) in [6, 6.07) is 7.53. The number of nitrogens with zero attached hydrogens (tertiary/aromatic N) is 1. The molecule has 2 rings (SSSR count). The molecule has 0 saturated carbocycles. The molecule has 192 valence electrons. The van der Waals surface area contributed by atoms with Crippen LogP contribution in [0.3, 0.4) is 0 Å². The average molecular weight is 498 g/mol. The van der Waals surface area contributed by atoms with Crippen LogP contribution in [0.25, 0.3) is 0 Å². The number of halogens is 3. The van der Waals surface area contributed by atoms with Crippen molar-refractivity contribution in [2.75, 3.05) is 32.8 Å². The van der Waals surface area contributed by atoms with Gasteiger partial charge in [-0.15, -0.1) is 0 Å². The van der Waals surface area contributed by atoms with Crippen molar-refractivity contribution in [2.24, 2.45) is 0 Å². The number of hydrogen-bond donors (Lipinski definition) is 1. The number of carboxylic acid groups (broad SMARTS) is 1. The van der Waals surface area contributed by atoms with Gasteiger partial charge < -0.3 is 24.2 Å². The van der Waals surface area contributed by atoms with Crippen molar-refractivity contribution in [2.45, 2.75) is 44.7 Å². The molecule has 0 atom stereocenters. The van der Waals surface area contributed by atoms with Crippen molar-refractivity contribution in [1.82, 2.24) is 0 Å². The van der Waals surface area contributed by atoms with Gasteiger partial charge in [0.25, 0.3) is 5.91 Å². The molecule has 0 radical (unpaired) electrons. The van der Waals surface area contributed by atoms with Gasteiger partial charge in [-0.1, -0.05) is 25.3 Å². The third kappa shape index (κ3) is 7.80. The second-order valence-corrected chi connectivity index (χ2v) is 7.83. The molecule has 0 aliphatic carbocycles. The molecular formula is C25H30F3NO6. The van der Waals surface area contributed by atoms with Crippen LogP contribution in [0.1, 0.15) is 54.4 Å². The molecule has 1 amide bonds. The number of anilines is 1. The molecule has 2 aromatic rings. The summed E-state index contributed by atoms with van der Waals surface area (Å²) in [4.78, 5) is 25.4. The molecule has 1 N–H and O–H groups in total. The summed E-state index contributed by atoms with van der Waals surface area (Å²) < 4.78 is 55.9. The summed E-state index contributed by atoms with van der Waals surface area (Å²) in [5.74, 6) is -0.583. The zero-order chi connectivity index (χ0) is 26.0. The van der Waals surface area contributed by atoms with Crippen LogP contribution >= 0.6 is 0 Å². The summed E-state index contributed by atoms with van der Waals surface area (Å²) in [5, 5.41) is 8.72. The van der Waals surface area contributed by atoms with E-state index in [9.17, 15) is 22.8 Å². The molecule has 0 aromatic heterocycles. The van der Waals surface area contributed by atoms with E-state index >= 15 is 0 Å². The fourth-order valence-electron chi connectivity index (χ4n) is 3.63. The largest absolute Gasteiger partial charge is 0.493 e. The van der Waals surface area contributed by atoms with Crippen molar-refractivity contribution in [3.63, 3.8) is 0 Å². The highest BCUT2D eigenvalue weighted by molar-refractivity contribution is 6.07. The first-order valence-electron chi connectivity index (χ1n) is 11.1. The predicted octanol–water partition coefficient (Wildman–Crippen LogP) is 5.80. The Hall–Kier alpha value is -3.43. The highest BCUT2D eigenvalue weighted by Gasteiger charge is 2.31. The SMILES string of the molecule is COc1cc(C(=O)N(CCCCCCCC(=O)O)c2cccc(C(F)(F)F)c2)cc(OC)c1OC. The van der Waals surface area contributed by atoms with Crippen LogP contribution in [-0.2, 0) is 11.0 Å². The van der Waals surface area contributed by atoms with E-state index in [4.69, 9.17) is 19.3 Å². The third-order valence-electron chi connectivity index (χ3n) is 5.41. The van der Waals surface area contributed by atoms with E-state index in [1.54, 1.807) is 0 Å². The van der Waals surface area contributed by atoms with Gasteiger partial charge in [0, 0.05) is 24.2 Å². The Morgan fingerprint density at radius 1 is 0.886 bits per heavy atom. The molecule has 7 nitrogen and oxygen atoms in total. The van der Waals surface area contributed by atoms with Crippen molar-refractivity contribution in [3.05, 3.63) is 47.5 Å². The topological polar surface area (TPSA) is 85.3 Å². The van der Waals surface area contributed by atoms with Crippen molar-refractivity contribution < 1.29 is 42.1 Å². The molecule has 0 saturated heterocycles. The molecule has 0 bridgehead atoms. The number of hydrogen-bond acceptors (Lipinski definition) is 5. The molecule has 0 unspecified atom stereocenters. The number of carboxylic acids is 1. The Balaban J connectivity index is 2.32. The van der Waals surface area contributed by atoms with E-state index in [1.807, 2.05) is 0 Å². The van der Waals surface area contributed by atoms with Gasteiger partial charge in [-0.3, -0.25) is 9.59 Å². The minimum absolute atomic E-state index is 0.0932. The summed E-state index contributed by atoms with van der Waals surface area (Å²) in [6.07, 6.45) is -1.22. The van der Waals surface area contributed by atoms with Gasteiger partial charge in [0.2, 0.25) is 5.75 Å². The number of unbranched alkanes of at least 4 members (excludes halogenated alkanes) is 4. The maximum atomic E-state index is 13.5. The molecular weight excluding hydrogens is 467 g/mol. The van der Waals surface area contributed by atoms with Crippen molar-refractivity contribution in [3.8, 4) is 17.2 Å². The smallest absolute Gasteiger partial charge is 0.416 e. The zero-order valence-corrected chi connectivity index (χ0v) is 20.0. The van der Waals surface area contributed by atoms with Gasteiger partial charge in [0.1, 0.15) is 0 Å². The fourth-order valence-corrected chi connectivity index (χ4v) is 3.63. The van der Waals surface area contributed by atoms with Crippen LogP contribution in [-0.4, -0.2) is 44.9 Å². The van der Waals surface area contributed by atoms with Crippen LogP contribution in [0.15, 0.2) is 36.4 Å². The fraction of sp³-hybridized carbons (Fsp3) is 0.440. The lowest BCUT2D eigenvalue weighted by Crippen LogP contribution is -2.32. The first-order chi connectivity index (χ1) is 16.6. The maximum absolute atomic E-state index is 13.5. The Morgan fingerprint density at radius 3 is 2.03 bits per heavy atom. The quantitative estimate of drug-likeness (QED) is 0.352. The van der Waals surface area contributed by atoms with Gasteiger partial charge >= 0.3 is 12.1 Å². The number of benzene rings is 2. The molecule has 10 heteroatoms. The van der Waals surface area contributed by atoms with E-state index in [2.05, 4.69) is 0 Å². The lowest BCUT2D eigenvalue weighted by atomic mass is 10.1. The molecule has 0 heterocycles. The Labute approximate surface area is 202 Å². The van der Waals surface area contributed by atoms with Gasteiger partial charge in [-0.25, -0.2) is 0 Å². The summed E-state index contributed by atoms with van der Waals surface area (Å²) in [7, 11) is 4.23. The minimum Gasteiger partial charge on any atom is -0.493 e. The first-order valence-corrected chi connectivity index (χ1v) is 11.1. The lowest BCUT2D eigenvalue weighted by molar-refractivity contribution is -0.138. The normalized spacial score (nSPS) is 11.1. The lowest BCUT2D eigenvalue weighted by Gasteiger charge is -2.25. The minimum atomic E-state index is -4.55. The number of ether oxygens (including phenoxy) is 3. The van der Waals surface area contributed by atoms with Crippen molar-refractivity contribution in [1.29, 1.82) is 0 Å². The van der Waals surface area contributed by atoms with Gasteiger partial charge in [0.15, 0.2) is 11.5 Å². The van der Waals surface area contributed by atoms with Crippen LogP contribution < -0.4 is 19.1 Å². The Morgan fingerprint density at radius 2 is 1.49 bits per heavy atom. The number of alkyl halides is 3. The highest BCUT2D eigenvalue weighted by Crippen LogP contribution is 2.39. The van der Waals surface area contributed by atoms with Gasteiger partial charge in [-0.05, 0) is 43.2 Å². The number of methoxy groups -OCH3 is 3. The van der Waals surface area contributed by atoms with E-state index in [0.29, 0.717) is 25.0 Å². The number of amides is 1. The average Bonchev–Trinajstić information content (AvgIpc) is 2.83. The van der Waals surface area contributed by atoms with Crippen LogP contribution in [0, 0.1) is 0 Å². The summed E-state index contributed by atoms with van der Waals surface area (Å²) in [5.41, 5.74) is -0.575. The van der Waals surface area contributed by atoms with E-state index in [0.717, 1.165) is 25.0 Å². The van der Waals surface area contributed by atoms with Gasteiger partial charge in [-0.2, -0.15) is 13.2 Å². The molecule has 0 aliphatic rings. The molecule has 0 fully saturated rings. The van der Waals surface area contributed by atoms with E-state index < -0.39 is 23.6 Å². The first kappa shape index (κ1) is 27.8. The second kappa shape index (κ2) is 12.9. The molecule has 0 aliphatic heterocycles. The van der Waals surface area contributed by atoms with Crippen LogP contribution in [0.4, 0.5) is 18.9 Å². The number of carbonyl (C=O) groups is 2. The maximum Gasteiger partial charge on any atom is 0.416 e. The number of carbonyl (C=O) groups excluding carboxylic acids is 1. The predicted molar refractivity (Wildman–Crippen MR) is 125 cm³/mol. The number of aliphatic carboxylic acids is 1. The Kier molecular flexibility index (Phi) is 10.2. The summed E-state index contributed by atoms with van der Waals surface area (Å²) in [6.45, 7) is 0.176. The van der Waals surface area contributed by atoms with Gasteiger partial charge in [0.05, 0.1) is 26.9 Å². The highest BCUT2D eigenvalue weighted by atomic mass is 19.4. The molecule has 0 spiro atoms. The van der Waals surface area contributed by atoms with E-state index in [-0.39, 0.29) is 35.7 Å². The Bertz CT molecular complexity index is 984. The van der Waals surface area contributed by atoms with Crippen LogP contribution in [0.5, 0.6) is 17.2 Å². The number of rotatable bonds is 13. The standard InChI is InChI=1S/C25H30F3NO6/c1-33-20-14-17(15-21(34-2)23(20)35-3)24(32)29(13-8-6-4-5-7-12-22(30)31)19-11-9-10-18(16-19)25(26,27)28/h9-11,14-16H,4-8,12-13H2,1-3H3,(H,30,31). The van der Waals surface area contributed by atoms with Crippen LogP contribution in [0.2, 0.25) is 0 Å².